The van der Waals surface area contributed by atoms with Crippen molar-refractivity contribution in [2.24, 2.45) is 10.9 Å². The molecule has 27 heavy (non-hydrogen) atoms. The second kappa shape index (κ2) is 10.5. The standard InChI is InChI=1S/C21H35N5O/c1-17-6-3-4-12-26(17)13-5-10-24-21(22-2)25-15-19-9-11-23-20(14-19)27-16-18-7-8-18/h9,11,14,17-18H,3-8,10,12-13,15-16H2,1-2H3,(H2,22,24,25). The molecule has 0 radical (unpaired) electrons. The van der Waals surface area contributed by atoms with Crippen molar-refractivity contribution in [3.8, 4) is 5.88 Å². The summed E-state index contributed by atoms with van der Waals surface area (Å²) in [5.41, 5.74) is 1.15. The fourth-order valence-corrected chi connectivity index (χ4v) is 3.51. The number of ether oxygens (including phenoxy) is 1. The van der Waals surface area contributed by atoms with Crippen LogP contribution in [0.4, 0.5) is 0 Å². The minimum absolute atomic E-state index is 0.713. The number of aromatic nitrogens is 1. The maximum absolute atomic E-state index is 5.76. The first kappa shape index (κ1) is 19.9. The predicted octanol–water partition coefficient (Wildman–Crippen LogP) is 2.80. The van der Waals surface area contributed by atoms with Gasteiger partial charge in [-0.05, 0) is 63.1 Å². The van der Waals surface area contributed by atoms with Crippen molar-refractivity contribution in [1.29, 1.82) is 0 Å². The Morgan fingerprint density at radius 1 is 1.30 bits per heavy atom. The van der Waals surface area contributed by atoms with Gasteiger partial charge in [-0.25, -0.2) is 4.98 Å². The molecule has 0 amide bonds. The lowest BCUT2D eigenvalue weighted by atomic mass is 10.0. The van der Waals surface area contributed by atoms with Gasteiger partial charge in [0.2, 0.25) is 5.88 Å². The molecule has 1 aromatic rings. The highest BCUT2D eigenvalue weighted by atomic mass is 16.5. The highest BCUT2D eigenvalue weighted by Crippen LogP contribution is 2.29. The normalized spacial score (nSPS) is 21.1. The van der Waals surface area contributed by atoms with Crippen LogP contribution < -0.4 is 15.4 Å². The third-order valence-corrected chi connectivity index (χ3v) is 5.50. The van der Waals surface area contributed by atoms with E-state index in [1.807, 2.05) is 25.4 Å². The van der Waals surface area contributed by atoms with E-state index in [2.05, 4.69) is 32.4 Å². The van der Waals surface area contributed by atoms with E-state index < -0.39 is 0 Å². The molecular formula is C21H35N5O. The zero-order valence-electron chi connectivity index (χ0n) is 16.9. The summed E-state index contributed by atoms with van der Waals surface area (Å²) in [7, 11) is 1.82. The van der Waals surface area contributed by atoms with E-state index >= 15 is 0 Å². The first-order chi connectivity index (χ1) is 13.2. The van der Waals surface area contributed by atoms with E-state index in [4.69, 9.17) is 4.74 Å². The van der Waals surface area contributed by atoms with Gasteiger partial charge in [-0.1, -0.05) is 6.42 Å². The summed E-state index contributed by atoms with van der Waals surface area (Å²) in [4.78, 5) is 11.2. The van der Waals surface area contributed by atoms with Crippen molar-refractivity contribution in [3.63, 3.8) is 0 Å². The average Bonchev–Trinajstić information content (AvgIpc) is 3.52. The Labute approximate surface area is 163 Å². The topological polar surface area (TPSA) is 61.8 Å². The van der Waals surface area contributed by atoms with Crippen molar-refractivity contribution < 1.29 is 4.74 Å². The summed E-state index contributed by atoms with van der Waals surface area (Å²) in [6.45, 7) is 7.21. The molecule has 6 nitrogen and oxygen atoms in total. The highest BCUT2D eigenvalue weighted by Gasteiger charge is 2.22. The molecule has 3 rings (SSSR count). The third-order valence-electron chi connectivity index (χ3n) is 5.50. The van der Waals surface area contributed by atoms with Crippen LogP contribution >= 0.6 is 0 Å². The van der Waals surface area contributed by atoms with Crippen LogP contribution in [0.15, 0.2) is 23.3 Å². The minimum atomic E-state index is 0.713. The molecule has 150 valence electrons. The van der Waals surface area contributed by atoms with Gasteiger partial charge in [-0.2, -0.15) is 0 Å². The second-order valence-corrected chi connectivity index (χ2v) is 7.84. The average molecular weight is 374 g/mol. The number of aliphatic imine (C=N–C) groups is 1. The number of hydrogen-bond acceptors (Lipinski definition) is 4. The van der Waals surface area contributed by atoms with E-state index in [-0.39, 0.29) is 0 Å². The molecule has 6 heteroatoms. The van der Waals surface area contributed by atoms with Gasteiger partial charge in [0.05, 0.1) is 6.61 Å². The monoisotopic (exact) mass is 373 g/mol. The molecule has 2 heterocycles. The Kier molecular flexibility index (Phi) is 7.75. The molecule has 1 saturated carbocycles. The lowest BCUT2D eigenvalue weighted by Crippen LogP contribution is -2.41. The van der Waals surface area contributed by atoms with E-state index in [9.17, 15) is 0 Å². The van der Waals surface area contributed by atoms with Crippen molar-refractivity contribution in [1.82, 2.24) is 20.5 Å². The van der Waals surface area contributed by atoms with Crippen molar-refractivity contribution in [2.45, 2.75) is 58.0 Å². The number of likely N-dealkylation sites (tertiary alicyclic amines) is 1. The van der Waals surface area contributed by atoms with E-state index in [1.165, 1.54) is 38.6 Å². The summed E-state index contributed by atoms with van der Waals surface area (Å²) in [5, 5.41) is 6.80. The van der Waals surface area contributed by atoms with Crippen molar-refractivity contribution >= 4 is 5.96 Å². The zero-order chi connectivity index (χ0) is 18.9. The van der Waals surface area contributed by atoms with Gasteiger partial charge in [0.1, 0.15) is 0 Å². The Morgan fingerprint density at radius 2 is 2.19 bits per heavy atom. The fourth-order valence-electron chi connectivity index (χ4n) is 3.51. The molecule has 0 bridgehead atoms. The first-order valence-corrected chi connectivity index (χ1v) is 10.5. The molecule has 1 saturated heterocycles. The zero-order valence-corrected chi connectivity index (χ0v) is 16.9. The number of rotatable bonds is 9. The van der Waals surface area contributed by atoms with Crippen LogP contribution in [0.1, 0.15) is 51.0 Å². The van der Waals surface area contributed by atoms with Gasteiger partial charge in [0.25, 0.3) is 0 Å². The maximum atomic E-state index is 5.76. The SMILES string of the molecule is CN=C(NCCCN1CCCCC1C)NCc1ccnc(OCC2CC2)c1. The van der Waals surface area contributed by atoms with Crippen LogP contribution in [0, 0.1) is 5.92 Å². The van der Waals surface area contributed by atoms with Gasteiger partial charge in [-0.15, -0.1) is 0 Å². The van der Waals surface area contributed by atoms with E-state index in [0.29, 0.717) is 6.54 Å². The summed E-state index contributed by atoms with van der Waals surface area (Å²) < 4.78 is 5.76. The molecule has 2 fully saturated rings. The van der Waals surface area contributed by atoms with Crippen LogP contribution in [0.25, 0.3) is 0 Å². The second-order valence-electron chi connectivity index (χ2n) is 7.84. The Hall–Kier alpha value is -1.82. The van der Waals surface area contributed by atoms with Gasteiger partial charge < -0.3 is 20.3 Å². The van der Waals surface area contributed by atoms with Crippen molar-refractivity contribution in [3.05, 3.63) is 23.9 Å². The Bertz CT molecular complexity index is 602. The number of piperidine rings is 1. The summed E-state index contributed by atoms with van der Waals surface area (Å²) in [5.74, 6) is 2.31. The van der Waals surface area contributed by atoms with Gasteiger partial charge >= 0.3 is 0 Å². The Balaban J connectivity index is 1.34. The molecule has 1 aromatic heterocycles. The molecule has 0 aromatic carbocycles. The summed E-state index contributed by atoms with van der Waals surface area (Å²) >= 11 is 0. The predicted molar refractivity (Wildman–Crippen MR) is 110 cm³/mol. The van der Waals surface area contributed by atoms with Crippen LogP contribution in [0.5, 0.6) is 5.88 Å². The first-order valence-electron chi connectivity index (χ1n) is 10.5. The number of pyridine rings is 1. The maximum Gasteiger partial charge on any atom is 0.213 e. The lowest BCUT2D eigenvalue weighted by molar-refractivity contribution is 0.159. The van der Waals surface area contributed by atoms with Crippen LogP contribution in [-0.2, 0) is 6.54 Å². The van der Waals surface area contributed by atoms with E-state index in [0.717, 1.165) is 55.5 Å². The highest BCUT2D eigenvalue weighted by molar-refractivity contribution is 5.79. The fraction of sp³-hybridized carbons (Fsp3) is 0.714. The number of nitrogens with one attached hydrogen (secondary N) is 2. The number of hydrogen-bond donors (Lipinski definition) is 2. The van der Waals surface area contributed by atoms with Gasteiger partial charge in [0, 0.05) is 45.0 Å². The molecule has 0 spiro atoms. The molecular weight excluding hydrogens is 338 g/mol. The molecule has 1 aliphatic carbocycles. The van der Waals surface area contributed by atoms with E-state index in [1.54, 1.807) is 0 Å². The molecule has 1 aliphatic heterocycles. The molecule has 1 unspecified atom stereocenters. The Morgan fingerprint density at radius 3 is 2.96 bits per heavy atom. The number of guanidine groups is 1. The quantitative estimate of drug-likeness (QED) is 0.396. The summed E-state index contributed by atoms with van der Waals surface area (Å²) in [6.07, 6.45) is 9.61. The van der Waals surface area contributed by atoms with Gasteiger partial charge in [0.15, 0.2) is 5.96 Å². The van der Waals surface area contributed by atoms with Gasteiger partial charge in [-0.3, -0.25) is 4.99 Å². The molecule has 1 atom stereocenters. The minimum Gasteiger partial charge on any atom is -0.477 e. The number of nitrogens with zero attached hydrogens (tertiary/aromatic N) is 3. The largest absolute Gasteiger partial charge is 0.477 e. The lowest BCUT2D eigenvalue weighted by Gasteiger charge is -2.33. The van der Waals surface area contributed by atoms with Crippen LogP contribution in [0.3, 0.4) is 0 Å². The van der Waals surface area contributed by atoms with Crippen molar-refractivity contribution in [2.75, 3.05) is 33.3 Å². The summed E-state index contributed by atoms with van der Waals surface area (Å²) in [6, 6.07) is 4.77. The molecule has 2 N–H and O–H groups in total. The van der Waals surface area contributed by atoms with Crippen LogP contribution in [-0.4, -0.2) is 55.2 Å². The van der Waals surface area contributed by atoms with Crippen LogP contribution in [0.2, 0.25) is 0 Å². The third kappa shape index (κ3) is 7.01. The smallest absolute Gasteiger partial charge is 0.213 e. The molecule has 2 aliphatic rings.